The highest BCUT2D eigenvalue weighted by Gasteiger charge is 2.24. The molecule has 0 saturated heterocycles. The highest BCUT2D eigenvalue weighted by atomic mass is 79.9. The molecule has 20 heavy (non-hydrogen) atoms. The van der Waals surface area contributed by atoms with Gasteiger partial charge in [0.1, 0.15) is 5.56 Å². The van der Waals surface area contributed by atoms with E-state index in [-0.39, 0.29) is 23.8 Å². The van der Waals surface area contributed by atoms with Gasteiger partial charge in [-0.2, -0.15) is 0 Å². The second-order valence-corrected chi connectivity index (χ2v) is 4.53. The van der Waals surface area contributed by atoms with Gasteiger partial charge in [0.15, 0.2) is 10.4 Å². The summed E-state index contributed by atoms with van der Waals surface area (Å²) in [6.45, 7) is 3.47. The third-order valence-corrected chi connectivity index (χ3v) is 2.79. The molecule has 1 N–H and O–H groups in total. The van der Waals surface area contributed by atoms with Crippen molar-refractivity contribution in [3.63, 3.8) is 0 Å². The maximum absolute atomic E-state index is 11.9. The highest BCUT2D eigenvalue weighted by Crippen LogP contribution is 2.22. The lowest BCUT2D eigenvalue weighted by atomic mass is 10.2. The van der Waals surface area contributed by atoms with Crippen LogP contribution >= 0.6 is 15.9 Å². The highest BCUT2D eigenvalue weighted by molar-refractivity contribution is 9.10. The third-order valence-electron chi connectivity index (χ3n) is 2.37. The summed E-state index contributed by atoms with van der Waals surface area (Å²) in [4.78, 5) is 23.7. The summed E-state index contributed by atoms with van der Waals surface area (Å²) >= 11 is 3.09. The van der Waals surface area contributed by atoms with E-state index in [1.54, 1.807) is 19.9 Å². The van der Waals surface area contributed by atoms with Crippen LogP contribution in [-0.4, -0.2) is 23.6 Å². The van der Waals surface area contributed by atoms with E-state index < -0.39 is 11.9 Å². The summed E-state index contributed by atoms with van der Waals surface area (Å²) in [5.41, 5.74) is 0.421. The minimum Gasteiger partial charge on any atom is -0.462 e. The summed E-state index contributed by atoms with van der Waals surface area (Å²) in [5, 5.41) is 6.06. The molecule has 0 aromatic carbocycles. The van der Waals surface area contributed by atoms with Crippen LogP contribution < -0.4 is 5.32 Å². The Hall–Kier alpha value is -2.09. The molecule has 0 aliphatic carbocycles. The smallest absolute Gasteiger partial charge is 0.345 e. The Morgan fingerprint density at radius 3 is 2.80 bits per heavy atom. The van der Waals surface area contributed by atoms with Gasteiger partial charge in [-0.05, 0) is 41.9 Å². The molecule has 0 aliphatic rings. The van der Waals surface area contributed by atoms with Gasteiger partial charge in [0.2, 0.25) is 5.88 Å². The van der Waals surface area contributed by atoms with Gasteiger partial charge in [0.05, 0.1) is 12.3 Å². The molecule has 0 spiro atoms. The Kier molecular flexibility index (Phi) is 4.23. The number of aromatic nitrogens is 1. The number of aryl methyl sites for hydroxylation is 1. The average molecular weight is 343 g/mol. The minimum absolute atomic E-state index is 0.0701. The molecule has 0 fully saturated rings. The fourth-order valence-electron chi connectivity index (χ4n) is 1.50. The van der Waals surface area contributed by atoms with Crippen molar-refractivity contribution < 1.29 is 23.3 Å². The normalized spacial score (nSPS) is 10.3. The number of carbonyl (C=O) groups is 2. The van der Waals surface area contributed by atoms with Crippen molar-refractivity contribution >= 4 is 33.7 Å². The lowest BCUT2D eigenvalue weighted by Gasteiger charge is -2.03. The predicted molar refractivity (Wildman–Crippen MR) is 71.6 cm³/mol. The van der Waals surface area contributed by atoms with Crippen LogP contribution in [0.4, 0.5) is 5.88 Å². The molecule has 2 rings (SSSR count). The zero-order valence-corrected chi connectivity index (χ0v) is 12.3. The number of nitrogens with zero attached hydrogens (tertiary/aromatic N) is 1. The molecule has 7 nitrogen and oxygen atoms in total. The van der Waals surface area contributed by atoms with Crippen LogP contribution in [0.25, 0.3) is 0 Å². The largest absolute Gasteiger partial charge is 0.462 e. The van der Waals surface area contributed by atoms with Gasteiger partial charge in [-0.25, -0.2) is 4.79 Å². The number of halogens is 1. The van der Waals surface area contributed by atoms with E-state index in [1.165, 1.54) is 6.07 Å². The monoisotopic (exact) mass is 342 g/mol. The second-order valence-electron chi connectivity index (χ2n) is 3.75. The van der Waals surface area contributed by atoms with E-state index in [2.05, 4.69) is 26.4 Å². The fourth-order valence-corrected chi connectivity index (χ4v) is 1.81. The van der Waals surface area contributed by atoms with Crippen molar-refractivity contribution in [2.75, 3.05) is 11.9 Å². The Morgan fingerprint density at radius 1 is 1.45 bits per heavy atom. The molecule has 0 bridgehead atoms. The number of amides is 1. The van der Waals surface area contributed by atoms with Crippen molar-refractivity contribution in [2.24, 2.45) is 0 Å². The van der Waals surface area contributed by atoms with E-state index >= 15 is 0 Å². The molecular weight excluding hydrogens is 332 g/mol. The zero-order chi connectivity index (χ0) is 14.7. The number of hydrogen-bond donors (Lipinski definition) is 1. The average Bonchev–Trinajstić information content (AvgIpc) is 2.96. The Labute approximate surface area is 122 Å². The molecule has 2 aromatic rings. The van der Waals surface area contributed by atoms with Gasteiger partial charge in [0, 0.05) is 0 Å². The van der Waals surface area contributed by atoms with Crippen LogP contribution in [0.3, 0.4) is 0 Å². The van der Waals surface area contributed by atoms with Gasteiger partial charge in [0.25, 0.3) is 5.91 Å². The quantitative estimate of drug-likeness (QED) is 0.858. The minimum atomic E-state index is -0.609. The Bertz CT molecular complexity index is 646. The summed E-state index contributed by atoms with van der Waals surface area (Å²) in [7, 11) is 0. The standard InChI is InChI=1S/C12H11BrN2O5/c1-3-18-12(17)9-6(2)15-20-11(9)14-10(16)7-4-5-8(13)19-7/h4-5H,3H2,1-2H3,(H,14,16). The van der Waals surface area contributed by atoms with E-state index in [1.807, 2.05) is 0 Å². The molecule has 2 aromatic heterocycles. The van der Waals surface area contributed by atoms with Gasteiger partial charge >= 0.3 is 5.97 Å². The first-order chi connectivity index (χ1) is 9.52. The number of furan rings is 1. The number of nitrogens with one attached hydrogen (secondary N) is 1. The Morgan fingerprint density at radius 2 is 2.20 bits per heavy atom. The van der Waals surface area contributed by atoms with Crippen molar-refractivity contribution in [3.8, 4) is 0 Å². The van der Waals surface area contributed by atoms with Gasteiger partial charge in [-0.1, -0.05) is 5.16 Å². The molecule has 0 unspecified atom stereocenters. The summed E-state index contributed by atoms with van der Waals surface area (Å²) < 4.78 is 15.3. The van der Waals surface area contributed by atoms with E-state index in [4.69, 9.17) is 13.7 Å². The molecule has 8 heteroatoms. The molecule has 0 radical (unpaired) electrons. The first kappa shape index (κ1) is 14.3. The van der Waals surface area contributed by atoms with E-state index in [0.717, 1.165) is 0 Å². The number of anilines is 1. The molecule has 106 valence electrons. The maximum Gasteiger partial charge on any atom is 0.345 e. The van der Waals surface area contributed by atoms with E-state index in [0.29, 0.717) is 10.4 Å². The number of hydrogen-bond acceptors (Lipinski definition) is 6. The van der Waals surface area contributed by atoms with Gasteiger partial charge in [-0.3, -0.25) is 10.1 Å². The topological polar surface area (TPSA) is 94.6 Å². The van der Waals surface area contributed by atoms with Gasteiger partial charge < -0.3 is 13.7 Å². The number of esters is 1. The first-order valence-electron chi connectivity index (χ1n) is 5.73. The number of ether oxygens (including phenoxy) is 1. The summed E-state index contributed by atoms with van der Waals surface area (Å²) in [6.07, 6.45) is 0. The van der Waals surface area contributed by atoms with Crippen molar-refractivity contribution in [3.05, 3.63) is 33.8 Å². The zero-order valence-electron chi connectivity index (χ0n) is 10.7. The second kappa shape index (κ2) is 5.91. The first-order valence-corrected chi connectivity index (χ1v) is 6.52. The predicted octanol–water partition coefficient (Wildman–Crippen LogP) is 2.77. The van der Waals surface area contributed by atoms with Crippen molar-refractivity contribution in [1.29, 1.82) is 0 Å². The number of rotatable bonds is 4. The van der Waals surface area contributed by atoms with Crippen molar-refractivity contribution in [2.45, 2.75) is 13.8 Å². The van der Waals surface area contributed by atoms with Crippen LogP contribution in [0.15, 0.2) is 25.7 Å². The van der Waals surface area contributed by atoms with Crippen LogP contribution in [0, 0.1) is 6.92 Å². The molecule has 0 saturated carbocycles. The molecule has 1 amide bonds. The molecule has 2 heterocycles. The fraction of sp³-hybridized carbons (Fsp3) is 0.250. The third kappa shape index (κ3) is 2.90. The van der Waals surface area contributed by atoms with Gasteiger partial charge in [-0.15, -0.1) is 0 Å². The van der Waals surface area contributed by atoms with Crippen LogP contribution in [0.5, 0.6) is 0 Å². The van der Waals surface area contributed by atoms with Crippen LogP contribution in [0.2, 0.25) is 0 Å². The summed E-state index contributed by atoms with van der Waals surface area (Å²) in [5.74, 6) is -1.17. The lowest BCUT2D eigenvalue weighted by molar-refractivity contribution is 0.0526. The summed E-state index contributed by atoms with van der Waals surface area (Å²) in [6, 6.07) is 3.06. The van der Waals surface area contributed by atoms with E-state index in [9.17, 15) is 9.59 Å². The van der Waals surface area contributed by atoms with Crippen LogP contribution in [-0.2, 0) is 4.74 Å². The van der Waals surface area contributed by atoms with Crippen LogP contribution in [0.1, 0.15) is 33.5 Å². The molecule has 0 atom stereocenters. The SMILES string of the molecule is CCOC(=O)c1c(C)noc1NC(=O)c1ccc(Br)o1. The molecular formula is C12H11BrN2O5. The maximum atomic E-state index is 11.9. The Balaban J connectivity index is 2.22. The number of carbonyl (C=O) groups excluding carboxylic acids is 2. The molecule has 0 aliphatic heterocycles. The van der Waals surface area contributed by atoms with Crippen molar-refractivity contribution in [1.82, 2.24) is 5.16 Å². The lowest BCUT2D eigenvalue weighted by Crippen LogP contribution is -2.14.